The molecule has 0 spiro atoms. The van der Waals surface area contributed by atoms with Gasteiger partial charge in [0, 0.05) is 32.7 Å². The van der Waals surface area contributed by atoms with Gasteiger partial charge in [0.25, 0.3) is 0 Å². The molecule has 1 aromatic rings. The lowest BCUT2D eigenvalue weighted by Gasteiger charge is -2.26. The second kappa shape index (κ2) is 6.51. The molecule has 1 saturated heterocycles. The predicted molar refractivity (Wildman–Crippen MR) is 77.4 cm³/mol. The van der Waals surface area contributed by atoms with Crippen LogP contribution in [0.25, 0.3) is 0 Å². The second-order valence-electron chi connectivity index (χ2n) is 5.60. The van der Waals surface area contributed by atoms with E-state index in [0.717, 1.165) is 51.9 Å². The van der Waals surface area contributed by atoms with Gasteiger partial charge in [-0.05, 0) is 29.9 Å². The molecule has 0 aromatic heterocycles. The molecular formula is C16H24N2O. The fourth-order valence-electron chi connectivity index (χ4n) is 2.77. The van der Waals surface area contributed by atoms with Crippen LogP contribution >= 0.6 is 0 Å². The van der Waals surface area contributed by atoms with Gasteiger partial charge in [-0.3, -0.25) is 4.90 Å². The van der Waals surface area contributed by atoms with Gasteiger partial charge >= 0.3 is 0 Å². The summed E-state index contributed by atoms with van der Waals surface area (Å²) in [7, 11) is 0. The number of morpholine rings is 1. The molecule has 3 rings (SSSR count). The molecule has 104 valence electrons. The maximum Gasteiger partial charge on any atom is 0.0594 e. The van der Waals surface area contributed by atoms with E-state index >= 15 is 0 Å². The number of nitrogens with one attached hydrogen (secondary N) is 1. The Morgan fingerprint density at radius 2 is 1.95 bits per heavy atom. The summed E-state index contributed by atoms with van der Waals surface area (Å²) in [5.74, 6) is 0.845. The lowest BCUT2D eigenvalue weighted by atomic mass is 10.0. The Bertz CT molecular complexity index is 397. The second-order valence-corrected chi connectivity index (χ2v) is 5.60. The SMILES string of the molecule is c1ccc(C2CC2)c(CNCCN2CCOCC2)c1. The van der Waals surface area contributed by atoms with Gasteiger partial charge in [0.1, 0.15) is 0 Å². The van der Waals surface area contributed by atoms with Crippen LogP contribution in [0.5, 0.6) is 0 Å². The molecule has 3 heteroatoms. The number of hydrogen-bond donors (Lipinski definition) is 1. The van der Waals surface area contributed by atoms with E-state index in [2.05, 4.69) is 34.5 Å². The number of hydrogen-bond acceptors (Lipinski definition) is 3. The summed E-state index contributed by atoms with van der Waals surface area (Å²) in [6.07, 6.45) is 2.76. The minimum Gasteiger partial charge on any atom is -0.379 e. The number of nitrogens with zero attached hydrogens (tertiary/aromatic N) is 1. The Balaban J connectivity index is 1.42. The minimum absolute atomic E-state index is 0.845. The summed E-state index contributed by atoms with van der Waals surface area (Å²) >= 11 is 0. The van der Waals surface area contributed by atoms with Crippen molar-refractivity contribution >= 4 is 0 Å². The van der Waals surface area contributed by atoms with Gasteiger partial charge in [-0.15, -0.1) is 0 Å². The third kappa shape index (κ3) is 3.78. The lowest BCUT2D eigenvalue weighted by Crippen LogP contribution is -2.40. The molecule has 1 saturated carbocycles. The Kier molecular flexibility index (Phi) is 4.49. The highest BCUT2D eigenvalue weighted by molar-refractivity contribution is 5.33. The summed E-state index contributed by atoms with van der Waals surface area (Å²) in [4.78, 5) is 2.48. The van der Waals surface area contributed by atoms with Gasteiger partial charge in [-0.2, -0.15) is 0 Å². The molecule has 1 N–H and O–H groups in total. The molecule has 2 fully saturated rings. The first-order valence-electron chi connectivity index (χ1n) is 7.52. The van der Waals surface area contributed by atoms with Crippen LogP contribution in [0.2, 0.25) is 0 Å². The van der Waals surface area contributed by atoms with Crippen molar-refractivity contribution in [1.82, 2.24) is 10.2 Å². The van der Waals surface area contributed by atoms with Crippen molar-refractivity contribution in [3.63, 3.8) is 0 Å². The van der Waals surface area contributed by atoms with Crippen molar-refractivity contribution in [2.75, 3.05) is 39.4 Å². The van der Waals surface area contributed by atoms with Crippen molar-refractivity contribution in [2.45, 2.75) is 25.3 Å². The first kappa shape index (κ1) is 13.1. The van der Waals surface area contributed by atoms with Crippen molar-refractivity contribution in [2.24, 2.45) is 0 Å². The van der Waals surface area contributed by atoms with Crippen molar-refractivity contribution in [3.8, 4) is 0 Å². The summed E-state index contributed by atoms with van der Waals surface area (Å²) in [6.45, 7) is 7.17. The quantitative estimate of drug-likeness (QED) is 0.792. The van der Waals surface area contributed by atoms with Crippen molar-refractivity contribution in [3.05, 3.63) is 35.4 Å². The van der Waals surface area contributed by atoms with Crippen LogP contribution in [0.1, 0.15) is 29.9 Å². The third-order valence-electron chi connectivity index (χ3n) is 4.10. The van der Waals surface area contributed by atoms with Crippen LogP contribution in [-0.2, 0) is 11.3 Å². The molecule has 2 aliphatic rings. The number of rotatable bonds is 6. The molecule has 0 bridgehead atoms. The van der Waals surface area contributed by atoms with Crippen molar-refractivity contribution in [1.29, 1.82) is 0 Å². The van der Waals surface area contributed by atoms with Gasteiger partial charge in [0.05, 0.1) is 13.2 Å². The number of ether oxygens (including phenoxy) is 1. The Hall–Kier alpha value is -0.900. The van der Waals surface area contributed by atoms with Gasteiger partial charge in [0.2, 0.25) is 0 Å². The monoisotopic (exact) mass is 260 g/mol. The third-order valence-corrected chi connectivity index (χ3v) is 4.10. The fourth-order valence-corrected chi connectivity index (χ4v) is 2.77. The van der Waals surface area contributed by atoms with Gasteiger partial charge in [-0.1, -0.05) is 24.3 Å². The van der Waals surface area contributed by atoms with Gasteiger partial charge < -0.3 is 10.1 Å². The summed E-state index contributed by atoms with van der Waals surface area (Å²) in [5, 5.41) is 3.59. The molecule has 0 amide bonds. The van der Waals surface area contributed by atoms with E-state index in [9.17, 15) is 0 Å². The zero-order valence-electron chi connectivity index (χ0n) is 11.6. The van der Waals surface area contributed by atoms with Gasteiger partial charge in [0.15, 0.2) is 0 Å². The van der Waals surface area contributed by atoms with E-state index in [1.807, 2.05) is 0 Å². The zero-order chi connectivity index (χ0) is 12.9. The normalized spacial score (nSPS) is 20.6. The fraction of sp³-hybridized carbons (Fsp3) is 0.625. The van der Waals surface area contributed by atoms with Crippen molar-refractivity contribution < 1.29 is 4.74 Å². The topological polar surface area (TPSA) is 24.5 Å². The molecule has 0 unspecified atom stereocenters. The van der Waals surface area contributed by atoms with Crippen LogP contribution in [0.4, 0.5) is 0 Å². The first-order valence-corrected chi connectivity index (χ1v) is 7.52. The first-order chi connectivity index (χ1) is 9.43. The van der Waals surface area contributed by atoms with Crippen LogP contribution in [0.15, 0.2) is 24.3 Å². The Morgan fingerprint density at radius 1 is 1.16 bits per heavy atom. The van der Waals surface area contributed by atoms with Crippen LogP contribution in [0, 0.1) is 0 Å². The maximum absolute atomic E-state index is 5.36. The standard InChI is InChI=1S/C16H24N2O/c1-2-4-16(14-5-6-14)15(3-1)13-17-7-8-18-9-11-19-12-10-18/h1-4,14,17H,5-13H2. The molecule has 3 nitrogen and oxygen atoms in total. The molecule has 1 heterocycles. The van der Waals surface area contributed by atoms with E-state index in [4.69, 9.17) is 4.74 Å². The maximum atomic E-state index is 5.36. The highest BCUT2D eigenvalue weighted by Crippen LogP contribution is 2.41. The minimum atomic E-state index is 0.845. The van der Waals surface area contributed by atoms with E-state index in [1.165, 1.54) is 18.4 Å². The highest BCUT2D eigenvalue weighted by Gasteiger charge is 2.25. The molecule has 0 atom stereocenters. The molecule has 1 aromatic carbocycles. The lowest BCUT2D eigenvalue weighted by molar-refractivity contribution is 0.0384. The average Bonchev–Trinajstić information content (AvgIpc) is 3.30. The van der Waals surface area contributed by atoms with E-state index in [1.54, 1.807) is 5.56 Å². The zero-order valence-corrected chi connectivity index (χ0v) is 11.6. The van der Waals surface area contributed by atoms with Gasteiger partial charge in [-0.25, -0.2) is 0 Å². The summed E-state index contributed by atoms with van der Waals surface area (Å²) < 4.78 is 5.36. The molecule has 0 radical (unpaired) electrons. The smallest absolute Gasteiger partial charge is 0.0594 e. The Labute approximate surface area is 115 Å². The Morgan fingerprint density at radius 3 is 2.74 bits per heavy atom. The van der Waals surface area contributed by atoms with Crippen LogP contribution in [-0.4, -0.2) is 44.3 Å². The molecule has 1 aliphatic carbocycles. The summed E-state index contributed by atoms with van der Waals surface area (Å²) in [6, 6.07) is 8.90. The van der Waals surface area contributed by atoms with Crippen LogP contribution in [0.3, 0.4) is 0 Å². The predicted octanol–water partition coefficient (Wildman–Crippen LogP) is 1.99. The van der Waals surface area contributed by atoms with E-state index < -0.39 is 0 Å². The van der Waals surface area contributed by atoms with E-state index in [0.29, 0.717) is 0 Å². The number of benzene rings is 1. The molecular weight excluding hydrogens is 236 g/mol. The molecule has 19 heavy (non-hydrogen) atoms. The largest absolute Gasteiger partial charge is 0.379 e. The van der Waals surface area contributed by atoms with Crippen LogP contribution < -0.4 is 5.32 Å². The summed E-state index contributed by atoms with van der Waals surface area (Å²) in [5.41, 5.74) is 3.06. The highest BCUT2D eigenvalue weighted by atomic mass is 16.5. The average molecular weight is 260 g/mol. The molecule has 1 aliphatic heterocycles. The van der Waals surface area contributed by atoms with E-state index in [-0.39, 0.29) is 0 Å².